The molecule has 0 aromatic rings. The fourth-order valence-corrected chi connectivity index (χ4v) is 0.917. The summed E-state index contributed by atoms with van der Waals surface area (Å²) in [5.74, 6) is 0. The molecule has 0 bridgehead atoms. The lowest BCUT2D eigenvalue weighted by atomic mass is 9.90. The quantitative estimate of drug-likeness (QED) is 0.528. The Morgan fingerprint density at radius 2 is 1.85 bits per heavy atom. The van der Waals surface area contributed by atoms with Crippen molar-refractivity contribution in [2.75, 3.05) is 6.61 Å². The Hall–Kier alpha value is -0.770. The first-order valence-electron chi connectivity index (χ1n) is 4.27. The second-order valence-electron chi connectivity index (χ2n) is 4.13. The fourth-order valence-electron chi connectivity index (χ4n) is 0.917. The molecule has 0 aromatic carbocycles. The van der Waals surface area contributed by atoms with Crippen LogP contribution in [0.2, 0.25) is 0 Å². The normalized spacial score (nSPS) is 10.4. The zero-order valence-electron chi connectivity index (χ0n) is 8.80. The maximum Gasteiger partial charge on any atom is 0.505 e. The van der Waals surface area contributed by atoms with Gasteiger partial charge < -0.3 is 16.0 Å². The van der Waals surface area contributed by atoms with Gasteiger partial charge in [-0.1, -0.05) is 20.8 Å². The van der Waals surface area contributed by atoms with Gasteiger partial charge in [0.1, 0.15) is 0 Å². The topological polar surface area (TPSA) is 81.5 Å². The van der Waals surface area contributed by atoms with Crippen LogP contribution in [0.25, 0.3) is 0 Å². The van der Waals surface area contributed by atoms with Gasteiger partial charge in [-0.15, -0.1) is 0 Å². The summed E-state index contributed by atoms with van der Waals surface area (Å²) >= 11 is 0. The third kappa shape index (κ3) is 14.1. The van der Waals surface area contributed by atoms with Gasteiger partial charge in [0.2, 0.25) is 0 Å². The Labute approximate surface area is 79.9 Å². The van der Waals surface area contributed by atoms with E-state index in [0.29, 0.717) is 12.0 Å². The van der Waals surface area contributed by atoms with Crippen molar-refractivity contribution in [2.24, 2.45) is 5.41 Å². The predicted octanol–water partition coefficient (Wildman–Crippen LogP) is 3.06. The summed E-state index contributed by atoms with van der Waals surface area (Å²) in [5.41, 5.74) is 0.337. The summed E-state index contributed by atoms with van der Waals surface area (Å²) in [6.45, 7) is 6.84. The minimum atomic E-state index is -1.18. The molecule has 0 saturated carbocycles. The predicted molar refractivity (Wildman–Crippen MR) is 52.3 cm³/mol. The molecule has 0 aromatic heterocycles. The molecule has 13 heavy (non-hydrogen) atoms. The first kappa shape index (κ1) is 14.7. The number of unbranched alkanes of at least 4 members (excludes halogenated alkanes) is 1. The molecule has 4 nitrogen and oxygen atoms in total. The molecule has 0 fully saturated rings. The summed E-state index contributed by atoms with van der Waals surface area (Å²) in [6, 6.07) is 0. The lowest BCUT2D eigenvalue weighted by molar-refractivity contribution is 0.0893. The van der Waals surface area contributed by atoms with Crippen LogP contribution in [0, 0.1) is 5.41 Å². The highest BCUT2D eigenvalue weighted by atomic mass is 16.7. The molecule has 0 aliphatic rings. The highest BCUT2D eigenvalue weighted by Gasteiger charge is 2.08. The van der Waals surface area contributed by atoms with E-state index in [1.54, 1.807) is 0 Å². The minimum absolute atomic E-state index is 0. The summed E-state index contributed by atoms with van der Waals surface area (Å²) in [6.07, 6.45) is 1.78. The van der Waals surface area contributed by atoms with Gasteiger partial charge >= 0.3 is 6.16 Å². The molecular formula is C9H21NO3. The monoisotopic (exact) mass is 191 g/mol. The molecular weight excluding hydrogens is 170 g/mol. The molecule has 80 valence electrons. The molecule has 0 atom stereocenters. The average Bonchev–Trinajstić information content (AvgIpc) is 1.83. The van der Waals surface area contributed by atoms with E-state index < -0.39 is 6.16 Å². The second-order valence-corrected chi connectivity index (χ2v) is 4.13. The highest BCUT2D eigenvalue weighted by Crippen LogP contribution is 2.21. The van der Waals surface area contributed by atoms with Gasteiger partial charge in [-0.2, -0.15) is 0 Å². The van der Waals surface area contributed by atoms with Gasteiger partial charge in [0.05, 0.1) is 6.61 Å². The number of carbonyl (C=O) groups is 1. The van der Waals surface area contributed by atoms with Crippen LogP contribution < -0.4 is 6.15 Å². The lowest BCUT2D eigenvalue weighted by Gasteiger charge is -2.17. The first-order valence-corrected chi connectivity index (χ1v) is 4.27. The van der Waals surface area contributed by atoms with Gasteiger partial charge in [0.25, 0.3) is 0 Å². The van der Waals surface area contributed by atoms with Crippen LogP contribution in [0.5, 0.6) is 0 Å². The Kier molecular flexibility index (Phi) is 7.61. The molecule has 0 aliphatic heterocycles. The first-order chi connectivity index (χ1) is 5.42. The smallest absolute Gasteiger partial charge is 0.450 e. The molecule has 0 spiro atoms. The van der Waals surface area contributed by atoms with Crippen molar-refractivity contribution in [3.05, 3.63) is 0 Å². The van der Waals surface area contributed by atoms with E-state index in [2.05, 4.69) is 25.5 Å². The van der Waals surface area contributed by atoms with Crippen molar-refractivity contribution in [1.29, 1.82) is 0 Å². The molecule has 4 N–H and O–H groups in total. The van der Waals surface area contributed by atoms with Gasteiger partial charge in [0.15, 0.2) is 0 Å². The van der Waals surface area contributed by atoms with Crippen LogP contribution in [0.3, 0.4) is 0 Å². The van der Waals surface area contributed by atoms with Gasteiger partial charge in [-0.25, -0.2) is 4.79 Å². The van der Waals surface area contributed by atoms with Gasteiger partial charge in [-0.3, -0.25) is 0 Å². The molecule has 0 heterocycles. The van der Waals surface area contributed by atoms with E-state index in [0.717, 1.165) is 19.3 Å². The SMILES string of the molecule is CC(C)(C)CCCCOC(=O)O.N. The largest absolute Gasteiger partial charge is 0.505 e. The van der Waals surface area contributed by atoms with Gasteiger partial charge in [0, 0.05) is 0 Å². The van der Waals surface area contributed by atoms with Crippen LogP contribution in [-0.4, -0.2) is 17.9 Å². The van der Waals surface area contributed by atoms with E-state index in [4.69, 9.17) is 5.11 Å². The number of hydrogen-bond acceptors (Lipinski definition) is 3. The van der Waals surface area contributed by atoms with Crippen molar-refractivity contribution in [2.45, 2.75) is 40.0 Å². The van der Waals surface area contributed by atoms with E-state index in [1.165, 1.54) is 0 Å². The minimum Gasteiger partial charge on any atom is -0.450 e. The molecule has 0 saturated heterocycles. The second kappa shape index (κ2) is 6.71. The molecule has 0 amide bonds. The maximum atomic E-state index is 9.94. The van der Waals surface area contributed by atoms with E-state index in [1.807, 2.05) is 0 Å². The standard InChI is InChI=1S/C9H18O3.H3N/c1-9(2,3)6-4-5-7-12-8(10)11;/h4-7H2,1-3H3,(H,10,11);1H3. The molecule has 4 heteroatoms. The Morgan fingerprint density at radius 3 is 2.23 bits per heavy atom. The number of ether oxygens (including phenoxy) is 1. The van der Waals surface area contributed by atoms with Crippen LogP contribution in [0.4, 0.5) is 4.79 Å². The molecule has 0 rings (SSSR count). The number of carboxylic acid groups (broad SMARTS) is 1. The summed E-state index contributed by atoms with van der Waals surface area (Å²) in [7, 11) is 0. The summed E-state index contributed by atoms with van der Waals surface area (Å²) in [5, 5.41) is 8.15. The lowest BCUT2D eigenvalue weighted by Crippen LogP contribution is -2.06. The third-order valence-electron chi connectivity index (χ3n) is 1.55. The number of hydrogen-bond donors (Lipinski definition) is 2. The zero-order valence-corrected chi connectivity index (χ0v) is 8.80. The van der Waals surface area contributed by atoms with Crippen LogP contribution in [0.15, 0.2) is 0 Å². The Bertz CT molecular complexity index is 140. The molecule has 0 radical (unpaired) electrons. The molecule has 0 unspecified atom stereocenters. The van der Waals surface area contributed by atoms with Crippen molar-refractivity contribution < 1.29 is 14.6 Å². The zero-order chi connectivity index (χ0) is 9.61. The van der Waals surface area contributed by atoms with E-state index in [9.17, 15) is 4.79 Å². The van der Waals surface area contributed by atoms with Crippen LogP contribution >= 0.6 is 0 Å². The Balaban J connectivity index is 0. The van der Waals surface area contributed by atoms with E-state index >= 15 is 0 Å². The summed E-state index contributed by atoms with van der Waals surface area (Å²) < 4.78 is 4.37. The van der Waals surface area contributed by atoms with Crippen molar-refractivity contribution in [1.82, 2.24) is 6.15 Å². The van der Waals surface area contributed by atoms with Crippen LogP contribution in [0.1, 0.15) is 40.0 Å². The summed E-state index contributed by atoms with van der Waals surface area (Å²) in [4.78, 5) is 9.94. The van der Waals surface area contributed by atoms with E-state index in [-0.39, 0.29) is 6.15 Å². The number of rotatable bonds is 4. The fraction of sp³-hybridized carbons (Fsp3) is 0.889. The van der Waals surface area contributed by atoms with Crippen molar-refractivity contribution >= 4 is 6.16 Å². The van der Waals surface area contributed by atoms with Gasteiger partial charge in [-0.05, 0) is 24.7 Å². The van der Waals surface area contributed by atoms with Crippen molar-refractivity contribution in [3.63, 3.8) is 0 Å². The maximum absolute atomic E-state index is 9.94. The molecule has 0 aliphatic carbocycles. The van der Waals surface area contributed by atoms with Crippen LogP contribution in [-0.2, 0) is 4.74 Å². The Morgan fingerprint density at radius 1 is 1.31 bits per heavy atom. The van der Waals surface area contributed by atoms with Crippen molar-refractivity contribution in [3.8, 4) is 0 Å². The average molecular weight is 191 g/mol. The highest BCUT2D eigenvalue weighted by molar-refractivity contribution is 5.56. The third-order valence-corrected chi connectivity index (χ3v) is 1.55.